The molecule has 0 bridgehead atoms. The maximum atomic E-state index is 5.50. The second-order valence-corrected chi connectivity index (χ2v) is 1.83. The minimum Gasteiger partial charge on any atom is -0.152 e. The fourth-order valence-corrected chi connectivity index (χ4v) is 0.680. The summed E-state index contributed by atoms with van der Waals surface area (Å²) in [6.07, 6.45) is 0. The number of thiophene rings is 1. The standard InChI is InChI=1S/C4H4S.2H2N3/c1-2-4-5-3-1;2*1-3-2/h1-4H;2*1-2H/q;2*+1. The highest BCUT2D eigenvalue weighted by Crippen LogP contribution is 1.91. The fraction of sp³-hybridized carbons (Fsp3) is 0. The Balaban J connectivity index is 0. The van der Waals surface area contributed by atoms with Crippen molar-refractivity contribution < 1.29 is 0 Å². The van der Waals surface area contributed by atoms with Crippen molar-refractivity contribution >= 4 is 11.3 Å². The van der Waals surface area contributed by atoms with Crippen molar-refractivity contribution in [3.8, 4) is 0 Å². The van der Waals surface area contributed by atoms with Gasteiger partial charge < -0.3 is 0 Å². The predicted octanol–water partition coefficient (Wildman–Crippen LogP) is 1.98. The van der Waals surface area contributed by atoms with Gasteiger partial charge in [-0.2, -0.15) is 11.3 Å². The first-order valence-electron chi connectivity index (χ1n) is 2.37. The van der Waals surface area contributed by atoms with Crippen LogP contribution in [0, 0.1) is 22.1 Å². The summed E-state index contributed by atoms with van der Waals surface area (Å²) < 4.78 is 0. The van der Waals surface area contributed by atoms with Crippen molar-refractivity contribution in [2.75, 3.05) is 0 Å². The van der Waals surface area contributed by atoms with Gasteiger partial charge in [-0.05, 0) is 10.8 Å². The van der Waals surface area contributed by atoms with Crippen LogP contribution in [0.25, 0.3) is 0 Å². The average Bonchev–Trinajstić information content (AvgIpc) is 2.44. The van der Waals surface area contributed by atoms with Gasteiger partial charge in [0.1, 0.15) is 22.1 Å². The van der Waals surface area contributed by atoms with Gasteiger partial charge >= 0.3 is 0 Å². The normalized spacial score (nSPS) is 5.09. The lowest BCUT2D eigenvalue weighted by atomic mass is 10.7. The van der Waals surface area contributed by atoms with E-state index in [0.717, 1.165) is 0 Å². The van der Waals surface area contributed by atoms with E-state index in [1.54, 1.807) is 11.3 Å². The summed E-state index contributed by atoms with van der Waals surface area (Å²) >= 11 is 1.71. The van der Waals surface area contributed by atoms with Crippen LogP contribution in [-0.2, 0) is 0 Å². The van der Waals surface area contributed by atoms with Crippen molar-refractivity contribution in [3.05, 3.63) is 22.9 Å². The van der Waals surface area contributed by atoms with Gasteiger partial charge in [0.25, 0.3) is 0 Å². The van der Waals surface area contributed by atoms with Crippen molar-refractivity contribution in [1.29, 1.82) is 22.1 Å². The molecule has 0 saturated heterocycles. The smallest absolute Gasteiger partial charge is 0.152 e. The molecule has 1 rings (SSSR count). The van der Waals surface area contributed by atoms with Crippen molar-refractivity contribution in [3.63, 3.8) is 0 Å². The van der Waals surface area contributed by atoms with E-state index >= 15 is 0 Å². The maximum absolute atomic E-state index is 5.50. The van der Waals surface area contributed by atoms with Gasteiger partial charge in [0.2, 0.25) is 9.82 Å². The Morgan fingerprint density at radius 1 is 0.818 bits per heavy atom. The topological polar surface area (TPSA) is 124 Å². The van der Waals surface area contributed by atoms with E-state index < -0.39 is 0 Å². The van der Waals surface area contributed by atoms with Crippen LogP contribution in [0.15, 0.2) is 22.9 Å². The Bertz CT molecular complexity index is 175. The van der Waals surface area contributed by atoms with Crippen LogP contribution < -0.4 is 9.82 Å². The fourth-order valence-electron chi connectivity index (χ4n) is 0.227. The second-order valence-electron chi connectivity index (χ2n) is 1.02. The summed E-state index contributed by atoms with van der Waals surface area (Å²) in [6, 6.07) is 4.04. The number of hydrogen-bond donors (Lipinski definition) is 4. The van der Waals surface area contributed by atoms with Gasteiger partial charge in [0.05, 0.1) is 0 Å². The minimum absolute atomic E-state index is 1.71. The van der Waals surface area contributed by atoms with Crippen molar-refractivity contribution in [2.24, 2.45) is 0 Å². The summed E-state index contributed by atoms with van der Waals surface area (Å²) in [4.78, 5) is 4.00. The Morgan fingerprint density at radius 3 is 1.18 bits per heavy atom. The monoisotopic (exact) mass is 172 g/mol. The van der Waals surface area contributed by atoms with Crippen LogP contribution in [0.1, 0.15) is 0 Å². The van der Waals surface area contributed by atoms with Crippen LogP contribution in [0.3, 0.4) is 0 Å². The van der Waals surface area contributed by atoms with E-state index in [0.29, 0.717) is 0 Å². The lowest BCUT2D eigenvalue weighted by Crippen LogP contribution is -1.24. The van der Waals surface area contributed by atoms with Crippen LogP contribution in [-0.4, -0.2) is 0 Å². The number of hydrogen-bond acceptors (Lipinski definition) is 5. The molecule has 0 radical (unpaired) electrons. The van der Waals surface area contributed by atoms with Gasteiger partial charge in [-0.3, -0.25) is 0 Å². The second kappa shape index (κ2) is 15.8. The zero-order valence-corrected chi connectivity index (χ0v) is 6.43. The van der Waals surface area contributed by atoms with Crippen molar-refractivity contribution in [2.45, 2.75) is 0 Å². The summed E-state index contributed by atoms with van der Waals surface area (Å²) in [7, 11) is 0. The van der Waals surface area contributed by atoms with E-state index in [1.807, 2.05) is 32.7 Å². The Morgan fingerprint density at radius 2 is 1.09 bits per heavy atom. The van der Waals surface area contributed by atoms with E-state index in [4.69, 9.17) is 22.1 Å². The summed E-state index contributed by atoms with van der Waals surface area (Å²) in [5.41, 5.74) is 22.0. The Hall–Kier alpha value is -1.68. The molecular weight excluding hydrogens is 164 g/mol. The summed E-state index contributed by atoms with van der Waals surface area (Å²) in [6.45, 7) is 0. The number of rotatable bonds is 0. The zero-order chi connectivity index (χ0) is 8.95. The molecule has 0 aliphatic rings. The lowest BCUT2D eigenvalue weighted by molar-refractivity contribution is 0.928. The predicted molar refractivity (Wildman–Crippen MR) is 39.5 cm³/mol. The summed E-state index contributed by atoms with van der Waals surface area (Å²) in [5.74, 6) is 0. The molecule has 58 valence electrons. The Labute approximate surface area is 66.9 Å². The van der Waals surface area contributed by atoms with E-state index in [-0.39, 0.29) is 0 Å². The van der Waals surface area contributed by atoms with E-state index in [9.17, 15) is 0 Å². The molecule has 0 amide bonds. The molecule has 7 heteroatoms. The molecule has 0 spiro atoms. The maximum Gasteiger partial charge on any atom is 0.211 e. The SMILES string of the molecule is N=[N+]=N.N=[N+]=N.c1ccsc1. The molecule has 6 nitrogen and oxygen atoms in total. The van der Waals surface area contributed by atoms with Gasteiger partial charge in [0, 0.05) is 0 Å². The molecule has 1 aromatic rings. The van der Waals surface area contributed by atoms with Crippen LogP contribution in [0.4, 0.5) is 0 Å². The molecule has 0 aliphatic carbocycles. The van der Waals surface area contributed by atoms with Crippen LogP contribution in [0.2, 0.25) is 0 Å². The molecule has 0 atom stereocenters. The Kier molecular flexibility index (Phi) is 17.2. The molecule has 1 heterocycles. The molecule has 0 fully saturated rings. The van der Waals surface area contributed by atoms with E-state index in [1.165, 1.54) is 0 Å². The van der Waals surface area contributed by atoms with E-state index in [2.05, 4.69) is 0 Å². The first kappa shape index (κ1) is 12.0. The molecule has 0 unspecified atom stereocenters. The highest BCUT2D eigenvalue weighted by molar-refractivity contribution is 7.07. The quantitative estimate of drug-likeness (QED) is 0.337. The van der Waals surface area contributed by atoms with Gasteiger partial charge in [-0.1, -0.05) is 12.1 Å². The molecule has 0 saturated carbocycles. The molecular formula is C4H8N6S+2. The summed E-state index contributed by atoms with van der Waals surface area (Å²) in [5, 5.41) is 4.08. The highest BCUT2D eigenvalue weighted by atomic mass is 32.1. The first-order chi connectivity index (χ1) is 5.33. The van der Waals surface area contributed by atoms with Gasteiger partial charge in [-0.25, -0.2) is 0 Å². The third kappa shape index (κ3) is 30.1. The molecule has 1 aromatic heterocycles. The molecule has 4 N–H and O–H groups in total. The number of nitrogens with zero attached hydrogens (tertiary/aromatic N) is 2. The molecule has 0 aliphatic heterocycles. The third-order valence-corrected chi connectivity index (χ3v) is 1.05. The van der Waals surface area contributed by atoms with Crippen LogP contribution >= 0.6 is 11.3 Å². The van der Waals surface area contributed by atoms with Gasteiger partial charge in [0.15, 0.2) is 0 Å². The molecule has 11 heavy (non-hydrogen) atoms. The zero-order valence-electron chi connectivity index (χ0n) is 5.61. The highest BCUT2D eigenvalue weighted by Gasteiger charge is 1.58. The number of nitrogens with one attached hydrogen (secondary N) is 4. The largest absolute Gasteiger partial charge is 0.211 e. The molecule has 0 aromatic carbocycles. The third-order valence-electron chi connectivity index (χ3n) is 0.425. The van der Waals surface area contributed by atoms with Crippen molar-refractivity contribution in [1.82, 2.24) is 9.82 Å². The van der Waals surface area contributed by atoms with Gasteiger partial charge in [-0.15, -0.1) is 0 Å². The lowest BCUT2D eigenvalue weighted by Gasteiger charge is -1.39. The average molecular weight is 172 g/mol. The minimum atomic E-state index is 1.71. The first-order valence-corrected chi connectivity index (χ1v) is 3.31. The van der Waals surface area contributed by atoms with Crippen LogP contribution in [0.5, 0.6) is 0 Å².